The van der Waals surface area contributed by atoms with E-state index in [-0.39, 0.29) is 5.79 Å². The summed E-state index contributed by atoms with van der Waals surface area (Å²) in [5.74, 6) is 0.316. The van der Waals surface area contributed by atoms with Gasteiger partial charge in [-0.25, -0.2) is 9.67 Å². The maximum Gasteiger partial charge on any atom is 0.223 e. The number of hydrogen-bond donors (Lipinski definition) is 0. The summed E-state index contributed by atoms with van der Waals surface area (Å²) >= 11 is 0. The molecule has 2 saturated heterocycles. The van der Waals surface area contributed by atoms with Crippen LogP contribution < -0.4 is 9.64 Å². The zero-order chi connectivity index (χ0) is 19.3. The molecule has 0 amide bonds. The summed E-state index contributed by atoms with van der Waals surface area (Å²) < 4.78 is 19.3. The van der Waals surface area contributed by atoms with Gasteiger partial charge in [0.15, 0.2) is 5.79 Å². The van der Waals surface area contributed by atoms with Crippen molar-refractivity contribution in [3.05, 3.63) is 54.4 Å². The van der Waals surface area contributed by atoms with Gasteiger partial charge in [0.1, 0.15) is 12.3 Å². The molecule has 148 valence electrons. The molecule has 7 heteroatoms. The van der Waals surface area contributed by atoms with Gasteiger partial charge in [-0.2, -0.15) is 5.10 Å². The van der Waals surface area contributed by atoms with Crippen molar-refractivity contribution >= 4 is 5.69 Å². The molecule has 0 bridgehead atoms. The standard InChI is InChI=1S/C22H22N4O3/c1-2-19-20-16(15-27-21(19)23-9-1)14-26(24-20)18-5-3-17(4-6-18)25-10-7-22(8-11-25)28-12-13-29-22/h1-6,9,14H,7-8,10-13,15H2. The Morgan fingerprint density at radius 3 is 2.48 bits per heavy atom. The highest BCUT2D eigenvalue weighted by molar-refractivity contribution is 5.69. The van der Waals surface area contributed by atoms with Crippen LogP contribution in [0.5, 0.6) is 5.88 Å². The van der Waals surface area contributed by atoms with Gasteiger partial charge in [0, 0.05) is 49.6 Å². The van der Waals surface area contributed by atoms with E-state index in [1.807, 2.05) is 23.0 Å². The molecule has 6 rings (SSSR count). The summed E-state index contributed by atoms with van der Waals surface area (Å²) in [5, 5.41) is 4.80. The lowest BCUT2D eigenvalue weighted by molar-refractivity contribution is -0.169. The van der Waals surface area contributed by atoms with E-state index in [1.54, 1.807) is 6.20 Å². The van der Waals surface area contributed by atoms with Crippen molar-refractivity contribution < 1.29 is 14.2 Å². The SMILES string of the molecule is c1cnc2c(c1)-c1nn(-c3ccc(N4CCC5(CC4)OCCO5)cc3)cc1CO2. The molecular formula is C22H22N4O3. The Kier molecular flexibility index (Phi) is 3.85. The van der Waals surface area contributed by atoms with Crippen LogP contribution in [0.2, 0.25) is 0 Å². The lowest BCUT2D eigenvalue weighted by atomic mass is 10.0. The van der Waals surface area contributed by atoms with Crippen LogP contribution in [-0.2, 0) is 16.1 Å². The molecule has 0 aliphatic carbocycles. The fourth-order valence-corrected chi connectivity index (χ4v) is 4.41. The van der Waals surface area contributed by atoms with Gasteiger partial charge in [0.2, 0.25) is 5.88 Å². The first-order valence-electron chi connectivity index (χ1n) is 10.1. The summed E-state index contributed by atoms with van der Waals surface area (Å²) in [6.07, 6.45) is 5.61. The topological polar surface area (TPSA) is 61.6 Å². The number of piperidine rings is 1. The molecule has 0 saturated carbocycles. The van der Waals surface area contributed by atoms with Gasteiger partial charge in [-0.1, -0.05) is 0 Å². The van der Waals surface area contributed by atoms with E-state index in [9.17, 15) is 0 Å². The zero-order valence-corrected chi connectivity index (χ0v) is 16.1. The van der Waals surface area contributed by atoms with Gasteiger partial charge in [-0.05, 0) is 36.4 Å². The third-order valence-corrected chi connectivity index (χ3v) is 6.00. The van der Waals surface area contributed by atoms with Gasteiger partial charge in [0.25, 0.3) is 0 Å². The first-order valence-corrected chi connectivity index (χ1v) is 10.1. The van der Waals surface area contributed by atoms with Crippen molar-refractivity contribution in [1.82, 2.24) is 14.8 Å². The van der Waals surface area contributed by atoms with Gasteiger partial charge < -0.3 is 19.1 Å². The van der Waals surface area contributed by atoms with Gasteiger partial charge in [0.05, 0.1) is 24.5 Å². The summed E-state index contributed by atoms with van der Waals surface area (Å²) in [7, 11) is 0. The maximum atomic E-state index is 5.83. The number of pyridine rings is 1. The Morgan fingerprint density at radius 2 is 1.69 bits per heavy atom. The van der Waals surface area contributed by atoms with Crippen molar-refractivity contribution in [3.8, 4) is 22.8 Å². The van der Waals surface area contributed by atoms with Gasteiger partial charge >= 0.3 is 0 Å². The second-order valence-electron chi connectivity index (χ2n) is 7.70. The lowest BCUT2D eigenvalue weighted by Crippen LogP contribution is -2.45. The van der Waals surface area contributed by atoms with Crippen LogP contribution in [-0.4, -0.2) is 46.9 Å². The molecule has 1 spiro atoms. The molecule has 3 aliphatic rings. The number of nitrogens with zero attached hydrogens (tertiary/aromatic N) is 4. The van der Waals surface area contributed by atoms with E-state index in [4.69, 9.17) is 19.3 Å². The number of anilines is 1. The molecule has 0 atom stereocenters. The predicted molar refractivity (Wildman–Crippen MR) is 107 cm³/mol. The lowest BCUT2D eigenvalue weighted by Gasteiger charge is -2.38. The predicted octanol–water partition coefficient (Wildman–Crippen LogP) is 3.17. The second kappa shape index (κ2) is 6.57. The van der Waals surface area contributed by atoms with Crippen LogP contribution in [0.3, 0.4) is 0 Å². The van der Waals surface area contributed by atoms with Crippen LogP contribution in [0.4, 0.5) is 5.69 Å². The van der Waals surface area contributed by atoms with Crippen molar-refractivity contribution in [2.45, 2.75) is 25.2 Å². The van der Waals surface area contributed by atoms with Crippen LogP contribution in [0.15, 0.2) is 48.8 Å². The van der Waals surface area contributed by atoms with Crippen LogP contribution in [0, 0.1) is 0 Å². The maximum absolute atomic E-state index is 5.83. The van der Waals surface area contributed by atoms with Crippen LogP contribution in [0.25, 0.3) is 16.9 Å². The summed E-state index contributed by atoms with van der Waals surface area (Å²) in [4.78, 5) is 6.69. The van der Waals surface area contributed by atoms with E-state index in [0.29, 0.717) is 25.7 Å². The summed E-state index contributed by atoms with van der Waals surface area (Å²) in [6, 6.07) is 12.5. The third-order valence-electron chi connectivity index (χ3n) is 6.00. The Hall–Kier alpha value is -2.90. The summed E-state index contributed by atoms with van der Waals surface area (Å²) in [5.41, 5.74) is 5.22. The second-order valence-corrected chi connectivity index (χ2v) is 7.70. The summed E-state index contributed by atoms with van der Waals surface area (Å²) in [6.45, 7) is 3.81. The molecule has 2 aromatic heterocycles. The molecule has 0 N–H and O–H groups in total. The average molecular weight is 390 g/mol. The zero-order valence-electron chi connectivity index (χ0n) is 16.1. The minimum Gasteiger partial charge on any atom is -0.472 e. The Morgan fingerprint density at radius 1 is 0.931 bits per heavy atom. The smallest absolute Gasteiger partial charge is 0.223 e. The van der Waals surface area contributed by atoms with Crippen LogP contribution >= 0.6 is 0 Å². The molecular weight excluding hydrogens is 368 g/mol. The van der Waals surface area contributed by atoms with Gasteiger partial charge in [-0.15, -0.1) is 0 Å². The first kappa shape index (κ1) is 17.0. The molecule has 2 fully saturated rings. The van der Waals surface area contributed by atoms with E-state index in [2.05, 4.69) is 34.1 Å². The molecule has 0 unspecified atom stereocenters. The molecule has 7 nitrogen and oxygen atoms in total. The Balaban J connectivity index is 1.22. The average Bonchev–Trinajstić information content (AvgIpc) is 3.42. The third kappa shape index (κ3) is 2.89. The van der Waals surface area contributed by atoms with E-state index < -0.39 is 0 Å². The fourth-order valence-electron chi connectivity index (χ4n) is 4.41. The number of fused-ring (bicyclic) bond motifs is 3. The van der Waals surface area contributed by atoms with Crippen molar-refractivity contribution in [2.24, 2.45) is 0 Å². The fraction of sp³-hybridized carbons (Fsp3) is 0.364. The highest BCUT2D eigenvalue weighted by Crippen LogP contribution is 2.36. The van der Waals surface area contributed by atoms with Crippen molar-refractivity contribution in [1.29, 1.82) is 0 Å². The molecule has 0 radical (unpaired) electrons. The van der Waals surface area contributed by atoms with Crippen molar-refractivity contribution in [2.75, 3.05) is 31.2 Å². The van der Waals surface area contributed by atoms with Gasteiger partial charge in [-0.3, -0.25) is 0 Å². The quantitative estimate of drug-likeness (QED) is 0.670. The largest absolute Gasteiger partial charge is 0.472 e. The van der Waals surface area contributed by atoms with E-state index in [0.717, 1.165) is 48.4 Å². The van der Waals surface area contributed by atoms with E-state index in [1.165, 1.54) is 5.69 Å². The number of hydrogen-bond acceptors (Lipinski definition) is 6. The molecule has 3 aromatic rings. The molecule has 5 heterocycles. The molecule has 1 aromatic carbocycles. The number of aromatic nitrogens is 3. The van der Waals surface area contributed by atoms with Crippen molar-refractivity contribution in [3.63, 3.8) is 0 Å². The monoisotopic (exact) mass is 390 g/mol. The minimum absolute atomic E-state index is 0.336. The first-order chi connectivity index (χ1) is 14.3. The number of benzene rings is 1. The number of ether oxygens (including phenoxy) is 3. The number of rotatable bonds is 2. The highest BCUT2D eigenvalue weighted by atomic mass is 16.7. The Bertz CT molecular complexity index is 1030. The normalized spacial score (nSPS) is 19.7. The minimum atomic E-state index is -0.336. The van der Waals surface area contributed by atoms with Crippen LogP contribution in [0.1, 0.15) is 18.4 Å². The Labute approximate surface area is 168 Å². The van der Waals surface area contributed by atoms with E-state index >= 15 is 0 Å². The molecule has 29 heavy (non-hydrogen) atoms. The molecule has 3 aliphatic heterocycles. The highest BCUT2D eigenvalue weighted by Gasteiger charge is 2.39.